The van der Waals surface area contributed by atoms with Crippen LogP contribution in [0.2, 0.25) is 0 Å². The van der Waals surface area contributed by atoms with Gasteiger partial charge >= 0.3 is 0 Å². The SMILES string of the molecule is C=C(C#N)/C(C#N)=C\C(C#N)=C(/C)C#N. The van der Waals surface area contributed by atoms with Gasteiger partial charge in [-0.2, -0.15) is 21.0 Å². The van der Waals surface area contributed by atoms with E-state index in [0.717, 1.165) is 0 Å². The molecule has 0 unspecified atom stereocenters. The van der Waals surface area contributed by atoms with Crippen LogP contribution in [0.1, 0.15) is 6.92 Å². The molecule has 0 amide bonds. The topological polar surface area (TPSA) is 95.2 Å². The molecule has 0 aliphatic heterocycles. The van der Waals surface area contributed by atoms with Gasteiger partial charge in [0.1, 0.15) is 12.1 Å². The maximum absolute atomic E-state index is 8.70. The quantitative estimate of drug-likeness (QED) is 0.495. The summed E-state index contributed by atoms with van der Waals surface area (Å²) in [6.07, 6.45) is 1.18. The predicted molar refractivity (Wildman–Crippen MR) is 52.4 cm³/mol. The van der Waals surface area contributed by atoms with Gasteiger partial charge < -0.3 is 0 Å². The molecule has 0 rings (SSSR count). The maximum atomic E-state index is 8.70. The van der Waals surface area contributed by atoms with Crippen LogP contribution in [0.3, 0.4) is 0 Å². The second-order valence-electron chi connectivity index (χ2n) is 2.52. The molecule has 0 heterocycles. The Bertz CT molecular complexity index is 507. The molecule has 70 valence electrons. The lowest BCUT2D eigenvalue weighted by atomic mass is 10.0. The molecule has 0 aliphatic carbocycles. The lowest BCUT2D eigenvalue weighted by Crippen LogP contribution is -1.86. The maximum Gasteiger partial charge on any atom is 0.101 e. The summed E-state index contributed by atoms with van der Waals surface area (Å²) in [7, 11) is 0. The standard InChI is InChI=1S/C11H6N4/c1-8(4-12)10(6-14)3-11(7-15)9(2)5-13/h3H,1H2,2H3/b10-3-,11-9-. The predicted octanol–water partition coefficient (Wildman–Crippen LogP) is 1.88. The Kier molecular flexibility index (Phi) is 4.68. The molecule has 0 fully saturated rings. The van der Waals surface area contributed by atoms with Gasteiger partial charge in [0.2, 0.25) is 0 Å². The number of nitrogens with zero attached hydrogens (tertiary/aromatic N) is 4. The molecule has 0 radical (unpaired) electrons. The summed E-state index contributed by atoms with van der Waals surface area (Å²) < 4.78 is 0. The van der Waals surface area contributed by atoms with E-state index in [0.29, 0.717) is 0 Å². The monoisotopic (exact) mass is 194 g/mol. The third-order valence-electron chi connectivity index (χ3n) is 1.56. The average molecular weight is 194 g/mol. The summed E-state index contributed by atoms with van der Waals surface area (Å²) in [5.74, 6) is 0. The number of allylic oxidation sites excluding steroid dienone is 5. The van der Waals surface area contributed by atoms with Gasteiger partial charge in [0.15, 0.2) is 0 Å². The van der Waals surface area contributed by atoms with Gasteiger partial charge in [-0.25, -0.2) is 0 Å². The molecule has 0 aromatic carbocycles. The van der Waals surface area contributed by atoms with Crippen molar-refractivity contribution >= 4 is 0 Å². The Labute approximate surface area is 87.9 Å². The van der Waals surface area contributed by atoms with E-state index in [9.17, 15) is 0 Å². The first-order valence-corrected chi connectivity index (χ1v) is 3.83. The highest BCUT2D eigenvalue weighted by Gasteiger charge is 2.04. The summed E-state index contributed by atoms with van der Waals surface area (Å²) in [5.41, 5.74) is 0.209. The third kappa shape index (κ3) is 3.19. The van der Waals surface area contributed by atoms with Crippen molar-refractivity contribution in [3.8, 4) is 24.3 Å². The van der Waals surface area contributed by atoms with E-state index in [1.165, 1.54) is 13.0 Å². The Morgan fingerprint density at radius 3 is 1.93 bits per heavy atom. The first kappa shape index (κ1) is 12.2. The Morgan fingerprint density at radius 2 is 1.60 bits per heavy atom. The second-order valence-corrected chi connectivity index (χ2v) is 2.52. The number of hydrogen-bond acceptors (Lipinski definition) is 4. The van der Waals surface area contributed by atoms with E-state index in [2.05, 4.69) is 6.58 Å². The van der Waals surface area contributed by atoms with Gasteiger partial charge in [-0.15, -0.1) is 0 Å². The summed E-state index contributed by atoms with van der Waals surface area (Å²) in [6, 6.07) is 7.01. The summed E-state index contributed by atoms with van der Waals surface area (Å²) in [5, 5.41) is 34.5. The Balaban J connectivity index is 5.52. The minimum absolute atomic E-state index is 0.0105. The smallest absolute Gasteiger partial charge is 0.101 e. The molecule has 0 N–H and O–H groups in total. The number of hydrogen-bond donors (Lipinski definition) is 0. The van der Waals surface area contributed by atoms with Gasteiger partial charge in [-0.05, 0) is 13.0 Å². The molecule has 4 heteroatoms. The molecule has 4 nitrogen and oxygen atoms in total. The molecule has 0 saturated carbocycles. The average Bonchev–Trinajstić information content (AvgIpc) is 2.28. The van der Waals surface area contributed by atoms with Crippen molar-refractivity contribution in [3.63, 3.8) is 0 Å². The van der Waals surface area contributed by atoms with Crippen LogP contribution < -0.4 is 0 Å². The first-order valence-electron chi connectivity index (χ1n) is 3.83. The van der Waals surface area contributed by atoms with Crippen LogP contribution in [0.25, 0.3) is 0 Å². The molecular weight excluding hydrogens is 188 g/mol. The van der Waals surface area contributed by atoms with Crippen LogP contribution in [0, 0.1) is 45.3 Å². The van der Waals surface area contributed by atoms with E-state index in [4.69, 9.17) is 21.0 Å². The minimum atomic E-state index is -0.0315. The number of rotatable bonds is 2. The Hall–Kier alpha value is -2.82. The van der Waals surface area contributed by atoms with Gasteiger partial charge in [0.05, 0.1) is 28.9 Å². The molecule has 0 atom stereocenters. The Morgan fingerprint density at radius 1 is 1.00 bits per heavy atom. The summed E-state index contributed by atoms with van der Waals surface area (Å²) >= 11 is 0. The van der Waals surface area contributed by atoms with Gasteiger partial charge in [-0.3, -0.25) is 0 Å². The molecule has 0 bridgehead atoms. The van der Waals surface area contributed by atoms with E-state index in [1.54, 1.807) is 24.3 Å². The van der Waals surface area contributed by atoms with Crippen LogP contribution in [-0.2, 0) is 0 Å². The van der Waals surface area contributed by atoms with Crippen molar-refractivity contribution in [1.82, 2.24) is 0 Å². The van der Waals surface area contributed by atoms with Crippen molar-refractivity contribution in [1.29, 1.82) is 21.0 Å². The van der Waals surface area contributed by atoms with Gasteiger partial charge in [0, 0.05) is 5.57 Å². The zero-order valence-electron chi connectivity index (χ0n) is 8.07. The van der Waals surface area contributed by atoms with E-state index < -0.39 is 0 Å². The second kappa shape index (κ2) is 5.76. The van der Waals surface area contributed by atoms with Gasteiger partial charge in [0.25, 0.3) is 0 Å². The zero-order valence-corrected chi connectivity index (χ0v) is 8.07. The summed E-state index contributed by atoms with van der Waals surface area (Å²) in [6.45, 7) is 4.81. The highest BCUT2D eigenvalue weighted by atomic mass is 14.3. The van der Waals surface area contributed by atoms with Crippen LogP contribution in [0.4, 0.5) is 0 Å². The van der Waals surface area contributed by atoms with Crippen molar-refractivity contribution in [3.05, 3.63) is 34.9 Å². The van der Waals surface area contributed by atoms with Crippen molar-refractivity contribution in [2.75, 3.05) is 0 Å². The molecular formula is C11H6N4. The highest BCUT2D eigenvalue weighted by molar-refractivity contribution is 5.55. The summed E-state index contributed by atoms with van der Waals surface area (Å²) in [4.78, 5) is 0. The van der Waals surface area contributed by atoms with Crippen LogP contribution in [-0.4, -0.2) is 0 Å². The lowest BCUT2D eigenvalue weighted by molar-refractivity contribution is 1.37. The van der Waals surface area contributed by atoms with E-state index in [-0.39, 0.29) is 22.3 Å². The van der Waals surface area contributed by atoms with Crippen LogP contribution >= 0.6 is 0 Å². The molecule has 0 saturated heterocycles. The van der Waals surface area contributed by atoms with Crippen LogP contribution in [0.5, 0.6) is 0 Å². The van der Waals surface area contributed by atoms with E-state index in [1.807, 2.05) is 0 Å². The first-order chi connectivity index (χ1) is 7.10. The normalized spacial score (nSPS) is 11.1. The fraction of sp³-hybridized carbons (Fsp3) is 0.0909. The third-order valence-corrected chi connectivity index (χ3v) is 1.56. The molecule has 0 aromatic rings. The van der Waals surface area contributed by atoms with Crippen LogP contribution in [0.15, 0.2) is 34.9 Å². The van der Waals surface area contributed by atoms with Crippen molar-refractivity contribution < 1.29 is 0 Å². The zero-order chi connectivity index (χ0) is 11.8. The minimum Gasteiger partial charge on any atom is -0.193 e. The molecule has 0 aromatic heterocycles. The highest BCUT2D eigenvalue weighted by Crippen LogP contribution is 2.12. The number of nitriles is 4. The van der Waals surface area contributed by atoms with E-state index >= 15 is 0 Å². The molecule has 0 aliphatic rings. The van der Waals surface area contributed by atoms with Gasteiger partial charge in [-0.1, -0.05) is 6.58 Å². The fourth-order valence-electron chi connectivity index (χ4n) is 0.676. The lowest BCUT2D eigenvalue weighted by Gasteiger charge is -1.93. The largest absolute Gasteiger partial charge is 0.193 e. The van der Waals surface area contributed by atoms with Crippen molar-refractivity contribution in [2.45, 2.75) is 6.92 Å². The fourth-order valence-corrected chi connectivity index (χ4v) is 0.676. The molecule has 15 heavy (non-hydrogen) atoms. The van der Waals surface area contributed by atoms with Crippen molar-refractivity contribution in [2.24, 2.45) is 0 Å². The molecule has 0 spiro atoms.